The fourth-order valence-corrected chi connectivity index (χ4v) is 4.28. The maximum Gasteiger partial charge on any atom is 0.243 e. The second-order valence-electron chi connectivity index (χ2n) is 6.77. The molecule has 0 saturated heterocycles. The predicted molar refractivity (Wildman–Crippen MR) is 101 cm³/mol. The summed E-state index contributed by atoms with van der Waals surface area (Å²) in [5.41, 5.74) is 2.99. The van der Waals surface area contributed by atoms with Gasteiger partial charge in [0.2, 0.25) is 10.0 Å². The Bertz CT molecular complexity index is 793. The van der Waals surface area contributed by atoms with E-state index in [1.54, 1.807) is 12.1 Å². The summed E-state index contributed by atoms with van der Waals surface area (Å²) in [5, 5.41) is 4.41. The van der Waals surface area contributed by atoms with Crippen LogP contribution in [0.5, 0.6) is 0 Å². The first-order valence-electron chi connectivity index (χ1n) is 8.89. The summed E-state index contributed by atoms with van der Waals surface area (Å²) >= 11 is 0. The van der Waals surface area contributed by atoms with Gasteiger partial charge in [-0.3, -0.25) is 4.68 Å². The van der Waals surface area contributed by atoms with Gasteiger partial charge >= 0.3 is 0 Å². The maximum atomic E-state index is 13.0. The largest absolute Gasteiger partial charge is 0.272 e. The lowest BCUT2D eigenvalue weighted by atomic mass is 10.0. The van der Waals surface area contributed by atoms with E-state index in [1.807, 2.05) is 43.8 Å². The van der Waals surface area contributed by atoms with E-state index in [1.165, 1.54) is 4.31 Å². The molecule has 0 atom stereocenters. The van der Waals surface area contributed by atoms with E-state index in [2.05, 4.69) is 18.9 Å². The van der Waals surface area contributed by atoms with Crippen molar-refractivity contribution in [2.75, 3.05) is 6.54 Å². The molecule has 6 heteroatoms. The average Bonchev–Trinajstić information content (AvgIpc) is 2.92. The van der Waals surface area contributed by atoms with Gasteiger partial charge < -0.3 is 0 Å². The van der Waals surface area contributed by atoms with E-state index in [-0.39, 0.29) is 0 Å². The van der Waals surface area contributed by atoms with Crippen LogP contribution in [-0.4, -0.2) is 29.0 Å². The number of aromatic nitrogens is 2. The summed E-state index contributed by atoms with van der Waals surface area (Å²) in [4.78, 5) is 0.349. The Hall–Kier alpha value is -1.66. The third-order valence-electron chi connectivity index (χ3n) is 4.28. The van der Waals surface area contributed by atoms with Gasteiger partial charge in [0.1, 0.15) is 0 Å². The minimum atomic E-state index is -3.51. The molecule has 1 heterocycles. The Labute approximate surface area is 151 Å². The zero-order valence-electron chi connectivity index (χ0n) is 15.9. The minimum absolute atomic E-state index is 0.346. The molecule has 0 aliphatic heterocycles. The Morgan fingerprint density at radius 3 is 2.28 bits per heavy atom. The third kappa shape index (κ3) is 4.70. The number of hydrogen-bond donors (Lipinski definition) is 0. The molecule has 0 spiro atoms. The molecule has 2 aromatic rings. The van der Waals surface area contributed by atoms with Crippen LogP contribution >= 0.6 is 0 Å². The monoisotopic (exact) mass is 363 g/mol. The lowest BCUT2D eigenvalue weighted by Crippen LogP contribution is -2.30. The van der Waals surface area contributed by atoms with Gasteiger partial charge in [0.15, 0.2) is 0 Å². The van der Waals surface area contributed by atoms with Gasteiger partial charge in [-0.05, 0) is 43.9 Å². The molecule has 1 aromatic carbocycles. The van der Waals surface area contributed by atoms with E-state index < -0.39 is 10.0 Å². The molecular formula is C19H29N3O2S. The highest BCUT2D eigenvalue weighted by Crippen LogP contribution is 2.21. The first-order chi connectivity index (χ1) is 11.8. The van der Waals surface area contributed by atoms with Gasteiger partial charge in [-0.15, -0.1) is 0 Å². The van der Waals surface area contributed by atoms with Gasteiger partial charge in [0, 0.05) is 31.4 Å². The fourth-order valence-electron chi connectivity index (χ4n) is 2.85. The van der Waals surface area contributed by atoms with Crippen molar-refractivity contribution in [3.63, 3.8) is 0 Å². The number of aryl methyl sites for hydroxylation is 2. The Morgan fingerprint density at radius 1 is 1.16 bits per heavy atom. The van der Waals surface area contributed by atoms with Crippen molar-refractivity contribution in [3.05, 3.63) is 47.3 Å². The molecule has 0 unspecified atom stereocenters. The zero-order chi connectivity index (χ0) is 18.6. The predicted octanol–water partition coefficient (Wildman–Crippen LogP) is 3.62. The second-order valence-corrected chi connectivity index (χ2v) is 8.71. The summed E-state index contributed by atoms with van der Waals surface area (Å²) in [6, 6.07) is 7.28. The van der Waals surface area contributed by atoms with Crippen LogP contribution < -0.4 is 0 Å². The topological polar surface area (TPSA) is 55.2 Å². The average molecular weight is 364 g/mol. The van der Waals surface area contributed by atoms with Crippen molar-refractivity contribution in [3.8, 4) is 0 Å². The van der Waals surface area contributed by atoms with Crippen LogP contribution in [0.2, 0.25) is 0 Å². The smallest absolute Gasteiger partial charge is 0.243 e. The van der Waals surface area contributed by atoms with Crippen molar-refractivity contribution in [1.82, 2.24) is 14.1 Å². The molecule has 0 aliphatic rings. The quantitative estimate of drug-likeness (QED) is 0.720. The van der Waals surface area contributed by atoms with Gasteiger partial charge in [0.25, 0.3) is 0 Å². The molecule has 0 saturated carbocycles. The number of sulfonamides is 1. The van der Waals surface area contributed by atoms with Gasteiger partial charge in [-0.1, -0.05) is 32.9 Å². The Balaban J connectivity index is 2.24. The number of nitrogens with zero attached hydrogens (tertiary/aromatic N) is 3. The second kappa shape index (κ2) is 8.15. The standard InChI is InChI=1S/C19H29N3O2S/c1-6-21-13-18(16(5)20-21)14-22(7-2)25(23,24)19-10-8-17(9-11-19)12-15(3)4/h8-11,13,15H,6-7,12,14H2,1-5H3. The van der Waals surface area contributed by atoms with E-state index >= 15 is 0 Å². The molecule has 0 aliphatic carbocycles. The molecule has 0 amide bonds. The van der Waals surface area contributed by atoms with Crippen LogP contribution in [0.25, 0.3) is 0 Å². The highest BCUT2D eigenvalue weighted by Gasteiger charge is 2.24. The molecular weight excluding hydrogens is 334 g/mol. The van der Waals surface area contributed by atoms with Crippen molar-refractivity contribution >= 4 is 10.0 Å². The van der Waals surface area contributed by atoms with Crippen LogP contribution in [0.15, 0.2) is 35.4 Å². The molecule has 138 valence electrons. The van der Waals surface area contributed by atoms with E-state index in [4.69, 9.17) is 0 Å². The van der Waals surface area contributed by atoms with Crippen LogP contribution in [0.3, 0.4) is 0 Å². The first kappa shape index (κ1) is 19.7. The summed E-state index contributed by atoms with van der Waals surface area (Å²) in [6.45, 7) is 11.7. The van der Waals surface area contributed by atoms with Crippen LogP contribution in [0, 0.1) is 12.8 Å². The van der Waals surface area contributed by atoms with E-state index in [0.717, 1.165) is 29.8 Å². The minimum Gasteiger partial charge on any atom is -0.272 e. The molecule has 0 bridgehead atoms. The summed E-state index contributed by atoms with van der Waals surface area (Å²) in [5.74, 6) is 0.549. The summed E-state index contributed by atoms with van der Waals surface area (Å²) in [7, 11) is -3.51. The Kier molecular flexibility index (Phi) is 6.41. The molecule has 1 aromatic heterocycles. The van der Waals surface area contributed by atoms with Gasteiger partial charge in [0.05, 0.1) is 10.6 Å². The summed E-state index contributed by atoms with van der Waals surface area (Å²) in [6.07, 6.45) is 2.88. The van der Waals surface area contributed by atoms with Crippen molar-refractivity contribution in [2.24, 2.45) is 5.92 Å². The van der Waals surface area contributed by atoms with E-state index in [9.17, 15) is 8.42 Å². The highest BCUT2D eigenvalue weighted by atomic mass is 32.2. The molecule has 0 fully saturated rings. The highest BCUT2D eigenvalue weighted by molar-refractivity contribution is 7.89. The van der Waals surface area contributed by atoms with Crippen LogP contribution in [0.1, 0.15) is 44.5 Å². The van der Waals surface area contributed by atoms with Gasteiger partial charge in [-0.25, -0.2) is 8.42 Å². The van der Waals surface area contributed by atoms with Crippen LogP contribution in [-0.2, 0) is 29.5 Å². The van der Waals surface area contributed by atoms with Crippen LogP contribution in [0.4, 0.5) is 0 Å². The molecule has 25 heavy (non-hydrogen) atoms. The molecule has 5 nitrogen and oxygen atoms in total. The summed E-state index contributed by atoms with van der Waals surface area (Å²) < 4.78 is 29.3. The molecule has 2 rings (SSSR count). The third-order valence-corrected chi connectivity index (χ3v) is 6.21. The zero-order valence-corrected chi connectivity index (χ0v) is 16.7. The van der Waals surface area contributed by atoms with Crippen molar-refractivity contribution < 1.29 is 8.42 Å². The molecule has 0 radical (unpaired) electrons. The number of hydrogen-bond acceptors (Lipinski definition) is 3. The lowest BCUT2D eigenvalue weighted by Gasteiger charge is -2.20. The van der Waals surface area contributed by atoms with Crippen molar-refractivity contribution in [2.45, 2.75) is 59.0 Å². The van der Waals surface area contributed by atoms with E-state index in [0.29, 0.717) is 23.9 Å². The normalized spacial score (nSPS) is 12.3. The number of benzene rings is 1. The number of rotatable bonds is 8. The lowest BCUT2D eigenvalue weighted by molar-refractivity contribution is 0.422. The maximum absolute atomic E-state index is 13.0. The molecule has 0 N–H and O–H groups in total. The van der Waals surface area contributed by atoms with Gasteiger partial charge in [-0.2, -0.15) is 9.40 Å². The Morgan fingerprint density at radius 2 is 1.80 bits per heavy atom. The van der Waals surface area contributed by atoms with Crippen molar-refractivity contribution in [1.29, 1.82) is 0 Å². The first-order valence-corrected chi connectivity index (χ1v) is 10.3. The fraction of sp³-hybridized carbons (Fsp3) is 0.526. The SMILES string of the molecule is CCN(Cc1cn(CC)nc1C)S(=O)(=O)c1ccc(CC(C)C)cc1.